The lowest BCUT2D eigenvalue weighted by Gasteiger charge is -2.15. The number of benzene rings is 1. The summed E-state index contributed by atoms with van der Waals surface area (Å²) in [4.78, 5) is 25.9. The highest BCUT2D eigenvalue weighted by molar-refractivity contribution is 5.70. The van der Waals surface area contributed by atoms with Gasteiger partial charge >= 0.3 is 0 Å². The van der Waals surface area contributed by atoms with E-state index in [1.165, 1.54) is 45.3 Å². The molecule has 0 saturated heterocycles. The zero-order chi connectivity index (χ0) is 20.1. The molecule has 0 aliphatic heterocycles. The van der Waals surface area contributed by atoms with Gasteiger partial charge in [-0.1, -0.05) is 6.07 Å². The number of anilines is 2. The molecular weight excluding hydrogens is 376 g/mol. The van der Waals surface area contributed by atoms with Gasteiger partial charge in [0.15, 0.2) is 0 Å². The molecule has 2 N–H and O–H groups in total. The summed E-state index contributed by atoms with van der Waals surface area (Å²) in [6, 6.07) is 7.83. The molecule has 3 heterocycles. The predicted octanol–water partition coefficient (Wildman–Crippen LogP) is 3.12. The fourth-order valence-corrected chi connectivity index (χ4v) is 4.87. The second-order valence-corrected chi connectivity index (χ2v) is 8.18. The van der Waals surface area contributed by atoms with Crippen LogP contribution in [0.2, 0.25) is 0 Å². The summed E-state index contributed by atoms with van der Waals surface area (Å²) < 4.78 is 1.40. The van der Waals surface area contributed by atoms with Gasteiger partial charge in [0.05, 0.1) is 5.69 Å². The Bertz CT molecular complexity index is 1290. The van der Waals surface area contributed by atoms with Crippen molar-refractivity contribution in [2.24, 2.45) is 0 Å². The molecule has 6 rings (SSSR count). The summed E-state index contributed by atoms with van der Waals surface area (Å²) in [5.74, 6) is 0.952. The minimum atomic E-state index is -0.159. The molecular formula is C23H22N6O. The number of nitrogens with zero attached hydrogens (tertiary/aromatic N) is 4. The van der Waals surface area contributed by atoms with Gasteiger partial charge in [0.2, 0.25) is 5.95 Å². The van der Waals surface area contributed by atoms with Gasteiger partial charge in [0.25, 0.3) is 11.3 Å². The lowest BCUT2D eigenvalue weighted by atomic mass is 9.99. The van der Waals surface area contributed by atoms with Crippen LogP contribution in [0.3, 0.4) is 0 Å². The molecule has 0 saturated carbocycles. The lowest BCUT2D eigenvalue weighted by Crippen LogP contribution is -2.16. The van der Waals surface area contributed by atoms with Crippen LogP contribution in [0, 0.1) is 0 Å². The highest BCUT2D eigenvalue weighted by Crippen LogP contribution is 2.39. The molecule has 3 aromatic heterocycles. The maximum absolute atomic E-state index is 12.6. The smallest absolute Gasteiger partial charge is 0.274 e. The third-order valence-electron chi connectivity index (χ3n) is 6.23. The zero-order valence-electron chi connectivity index (χ0n) is 16.6. The molecule has 0 atom stereocenters. The Balaban J connectivity index is 1.38. The van der Waals surface area contributed by atoms with E-state index in [1.807, 2.05) is 12.1 Å². The van der Waals surface area contributed by atoms with Crippen LogP contribution in [0.5, 0.6) is 0 Å². The molecule has 1 aromatic carbocycles. The number of fused-ring (bicyclic) bond motifs is 3. The van der Waals surface area contributed by atoms with Crippen molar-refractivity contribution in [3.8, 4) is 0 Å². The van der Waals surface area contributed by atoms with Crippen LogP contribution in [-0.2, 0) is 32.1 Å². The Morgan fingerprint density at radius 3 is 2.43 bits per heavy atom. The minimum absolute atomic E-state index is 0.159. The Kier molecular flexibility index (Phi) is 3.94. The molecule has 2 aliphatic carbocycles. The molecule has 0 bridgehead atoms. The lowest BCUT2D eigenvalue weighted by molar-refractivity contribution is 0.880. The van der Waals surface area contributed by atoms with Crippen LogP contribution in [0.4, 0.5) is 11.6 Å². The molecule has 0 fully saturated rings. The van der Waals surface area contributed by atoms with Crippen LogP contribution in [0.1, 0.15) is 46.4 Å². The third kappa shape index (κ3) is 2.89. The predicted molar refractivity (Wildman–Crippen MR) is 114 cm³/mol. The van der Waals surface area contributed by atoms with Gasteiger partial charge in [-0.05, 0) is 78.5 Å². The van der Waals surface area contributed by atoms with Crippen LogP contribution in [0.15, 0.2) is 41.5 Å². The van der Waals surface area contributed by atoms with E-state index < -0.39 is 0 Å². The van der Waals surface area contributed by atoms with Crippen molar-refractivity contribution in [2.75, 3.05) is 5.32 Å². The molecule has 7 nitrogen and oxygen atoms in total. The molecule has 2 aliphatic rings. The first-order valence-corrected chi connectivity index (χ1v) is 10.6. The SMILES string of the molecule is O=c1cc(Cc2ccncc2)nc2nc(Nc3c4c(cc5c3CCC5)CCC4)[nH]n12. The number of nitrogens with one attached hydrogen (secondary N) is 2. The number of hydrogen-bond donors (Lipinski definition) is 2. The summed E-state index contributed by atoms with van der Waals surface area (Å²) in [5.41, 5.74) is 8.55. The molecule has 150 valence electrons. The van der Waals surface area contributed by atoms with Gasteiger partial charge in [0.1, 0.15) is 0 Å². The minimum Gasteiger partial charge on any atom is -0.324 e. The van der Waals surface area contributed by atoms with Crippen LogP contribution < -0.4 is 10.9 Å². The Morgan fingerprint density at radius 2 is 1.70 bits per heavy atom. The summed E-state index contributed by atoms with van der Waals surface area (Å²) in [5, 5.41) is 6.61. The van der Waals surface area contributed by atoms with Crippen LogP contribution >= 0.6 is 0 Å². The fourth-order valence-electron chi connectivity index (χ4n) is 4.87. The van der Waals surface area contributed by atoms with E-state index in [2.05, 4.69) is 31.4 Å². The standard InChI is InChI=1S/C23H22N6O/c30-20-13-17(11-14-7-9-24-10-8-14)25-23-27-22(28-29(20)23)26-21-18-5-1-3-15(18)12-16-4-2-6-19(16)21/h7-10,12-13H,1-6,11H2,(H2,25,26,27,28). The number of pyridine rings is 1. The third-order valence-corrected chi connectivity index (χ3v) is 6.23. The average Bonchev–Trinajstić information content (AvgIpc) is 3.47. The van der Waals surface area contributed by atoms with E-state index in [0.29, 0.717) is 23.8 Å². The van der Waals surface area contributed by atoms with E-state index in [4.69, 9.17) is 0 Å². The first-order valence-electron chi connectivity index (χ1n) is 10.6. The molecule has 30 heavy (non-hydrogen) atoms. The van der Waals surface area contributed by atoms with Gasteiger partial charge in [-0.3, -0.25) is 14.9 Å². The molecule has 0 spiro atoms. The number of H-pyrrole nitrogens is 1. The van der Waals surface area contributed by atoms with E-state index in [0.717, 1.165) is 31.2 Å². The summed E-state index contributed by atoms with van der Waals surface area (Å²) in [6.07, 6.45) is 11.0. The second kappa shape index (κ2) is 6.79. The van der Waals surface area contributed by atoms with Crippen molar-refractivity contribution in [1.29, 1.82) is 0 Å². The normalized spacial score (nSPS) is 14.8. The van der Waals surface area contributed by atoms with Gasteiger partial charge in [-0.2, -0.15) is 9.50 Å². The van der Waals surface area contributed by atoms with Crippen LogP contribution in [0.25, 0.3) is 5.78 Å². The van der Waals surface area contributed by atoms with E-state index in [9.17, 15) is 4.79 Å². The molecule has 7 heteroatoms. The van der Waals surface area contributed by atoms with Gasteiger partial charge in [0, 0.05) is 30.6 Å². The van der Waals surface area contributed by atoms with Crippen molar-refractivity contribution in [1.82, 2.24) is 24.6 Å². The first kappa shape index (κ1) is 17.4. The van der Waals surface area contributed by atoms with Gasteiger partial charge in [-0.25, -0.2) is 4.98 Å². The second-order valence-electron chi connectivity index (χ2n) is 8.18. The maximum atomic E-state index is 12.6. The van der Waals surface area contributed by atoms with E-state index in [-0.39, 0.29) is 5.56 Å². The zero-order valence-corrected chi connectivity index (χ0v) is 16.6. The summed E-state index contributed by atoms with van der Waals surface area (Å²) in [6.45, 7) is 0. The number of aromatic amines is 1. The van der Waals surface area contributed by atoms with E-state index in [1.54, 1.807) is 18.5 Å². The average molecular weight is 398 g/mol. The quantitative estimate of drug-likeness (QED) is 0.551. The Morgan fingerprint density at radius 1 is 0.967 bits per heavy atom. The first-order chi connectivity index (χ1) is 14.7. The molecule has 0 unspecified atom stereocenters. The van der Waals surface area contributed by atoms with Crippen molar-refractivity contribution < 1.29 is 0 Å². The van der Waals surface area contributed by atoms with E-state index >= 15 is 0 Å². The number of aromatic nitrogens is 5. The van der Waals surface area contributed by atoms with Gasteiger partial charge in [-0.15, -0.1) is 0 Å². The highest BCUT2D eigenvalue weighted by atomic mass is 16.1. The monoisotopic (exact) mass is 398 g/mol. The maximum Gasteiger partial charge on any atom is 0.274 e. The van der Waals surface area contributed by atoms with Crippen molar-refractivity contribution in [3.63, 3.8) is 0 Å². The summed E-state index contributed by atoms with van der Waals surface area (Å²) >= 11 is 0. The fraction of sp³-hybridized carbons (Fsp3) is 0.304. The van der Waals surface area contributed by atoms with Crippen molar-refractivity contribution in [2.45, 2.75) is 44.9 Å². The summed E-state index contributed by atoms with van der Waals surface area (Å²) in [7, 11) is 0. The van der Waals surface area contributed by atoms with Gasteiger partial charge < -0.3 is 5.32 Å². The molecule has 0 amide bonds. The largest absolute Gasteiger partial charge is 0.324 e. The Hall–Kier alpha value is -3.48. The molecule has 4 aromatic rings. The van der Waals surface area contributed by atoms with Crippen molar-refractivity contribution in [3.05, 3.63) is 80.5 Å². The van der Waals surface area contributed by atoms with Crippen LogP contribution in [-0.4, -0.2) is 24.6 Å². The number of aryl methyl sites for hydroxylation is 2. The Labute approximate surface area is 173 Å². The number of hydrogen-bond acceptors (Lipinski definition) is 5. The highest BCUT2D eigenvalue weighted by Gasteiger charge is 2.24. The number of rotatable bonds is 4. The topological polar surface area (TPSA) is 88.0 Å². The molecule has 0 radical (unpaired) electrons. The van der Waals surface area contributed by atoms with Crippen molar-refractivity contribution >= 4 is 17.4 Å².